The summed E-state index contributed by atoms with van der Waals surface area (Å²) in [6, 6.07) is 5.20. The molecule has 0 aliphatic carbocycles. The van der Waals surface area contributed by atoms with Crippen LogP contribution in [-0.2, 0) is 20.8 Å². The summed E-state index contributed by atoms with van der Waals surface area (Å²) < 4.78 is 23.3. The number of carbonyl (C=O) groups is 2. The molecular weight excluding hydrogens is 341 g/mol. The van der Waals surface area contributed by atoms with E-state index in [0.717, 1.165) is 44.8 Å². The van der Waals surface area contributed by atoms with Crippen LogP contribution in [-0.4, -0.2) is 73.8 Å². The van der Waals surface area contributed by atoms with Gasteiger partial charge in [-0.25, -0.2) is 9.18 Å². The van der Waals surface area contributed by atoms with Crippen molar-refractivity contribution < 1.29 is 23.5 Å². The number of cyclic esters (lactones) is 1. The van der Waals surface area contributed by atoms with Gasteiger partial charge in [0.25, 0.3) is 0 Å². The van der Waals surface area contributed by atoms with E-state index < -0.39 is 12.1 Å². The summed E-state index contributed by atoms with van der Waals surface area (Å²) in [6.07, 6.45) is 0.313. The number of nitrogens with one attached hydrogen (secondary N) is 1. The molecule has 0 radical (unpaired) electrons. The standard InChI is InChI=1S/C18H24FN3O4/c19-15-4-2-14(3-5-15)12-22-16(13-26-18(22)24)17(23)20-6-1-7-21-8-10-25-11-9-21/h2-5,16H,1,6-13H2,(H,20,23)/t16-/m0/s1. The molecule has 1 N–H and O–H groups in total. The van der Waals surface area contributed by atoms with Crippen LogP contribution in [0.15, 0.2) is 24.3 Å². The van der Waals surface area contributed by atoms with E-state index in [1.165, 1.54) is 17.0 Å². The Balaban J connectivity index is 1.45. The number of morpholine rings is 1. The number of rotatable bonds is 7. The average Bonchev–Trinajstić information content (AvgIpc) is 3.02. The monoisotopic (exact) mass is 365 g/mol. The van der Waals surface area contributed by atoms with Crippen molar-refractivity contribution in [3.8, 4) is 0 Å². The zero-order valence-corrected chi connectivity index (χ0v) is 14.7. The molecule has 0 bridgehead atoms. The third kappa shape index (κ3) is 4.92. The summed E-state index contributed by atoms with van der Waals surface area (Å²) in [5, 5.41) is 2.88. The van der Waals surface area contributed by atoms with Crippen LogP contribution < -0.4 is 5.32 Å². The fraction of sp³-hybridized carbons (Fsp3) is 0.556. The maximum absolute atomic E-state index is 13.0. The molecule has 2 heterocycles. The molecule has 0 saturated carbocycles. The average molecular weight is 365 g/mol. The fourth-order valence-corrected chi connectivity index (χ4v) is 3.09. The van der Waals surface area contributed by atoms with E-state index in [1.807, 2.05) is 0 Å². The van der Waals surface area contributed by atoms with Crippen molar-refractivity contribution in [2.24, 2.45) is 0 Å². The molecular formula is C18H24FN3O4. The van der Waals surface area contributed by atoms with Crippen LogP contribution in [0.1, 0.15) is 12.0 Å². The van der Waals surface area contributed by atoms with Gasteiger partial charge in [-0.3, -0.25) is 14.6 Å². The Morgan fingerprint density at radius 2 is 1.96 bits per heavy atom. The maximum atomic E-state index is 13.0. The zero-order chi connectivity index (χ0) is 18.4. The lowest BCUT2D eigenvalue weighted by Crippen LogP contribution is -2.46. The van der Waals surface area contributed by atoms with Crippen molar-refractivity contribution in [2.45, 2.75) is 19.0 Å². The normalized spacial score (nSPS) is 20.9. The Hall–Kier alpha value is -2.19. The SMILES string of the molecule is O=C(NCCCN1CCOCC1)[C@@H]1COC(=O)N1Cc1ccc(F)cc1. The highest BCUT2D eigenvalue weighted by atomic mass is 19.1. The van der Waals surface area contributed by atoms with E-state index >= 15 is 0 Å². The van der Waals surface area contributed by atoms with E-state index in [9.17, 15) is 14.0 Å². The van der Waals surface area contributed by atoms with E-state index in [4.69, 9.17) is 9.47 Å². The van der Waals surface area contributed by atoms with Crippen LogP contribution in [0.3, 0.4) is 0 Å². The number of hydrogen-bond acceptors (Lipinski definition) is 5. The molecule has 142 valence electrons. The van der Waals surface area contributed by atoms with Gasteiger partial charge in [0.15, 0.2) is 0 Å². The van der Waals surface area contributed by atoms with Crippen LogP contribution in [0.25, 0.3) is 0 Å². The summed E-state index contributed by atoms with van der Waals surface area (Å²) >= 11 is 0. The molecule has 0 unspecified atom stereocenters. The van der Waals surface area contributed by atoms with Crippen LogP contribution in [0.2, 0.25) is 0 Å². The van der Waals surface area contributed by atoms with Gasteiger partial charge in [-0.15, -0.1) is 0 Å². The molecule has 1 aromatic carbocycles. The first kappa shape index (κ1) is 18.6. The van der Waals surface area contributed by atoms with E-state index in [-0.39, 0.29) is 24.9 Å². The minimum Gasteiger partial charge on any atom is -0.447 e. The second kappa shape index (κ2) is 8.95. The number of nitrogens with zero attached hydrogens (tertiary/aromatic N) is 2. The number of carbonyl (C=O) groups excluding carboxylic acids is 2. The van der Waals surface area contributed by atoms with Crippen molar-refractivity contribution in [1.82, 2.24) is 15.1 Å². The predicted molar refractivity (Wildman–Crippen MR) is 92.0 cm³/mol. The molecule has 2 saturated heterocycles. The van der Waals surface area contributed by atoms with Gasteiger partial charge in [-0.05, 0) is 30.7 Å². The molecule has 0 aromatic heterocycles. The van der Waals surface area contributed by atoms with Gasteiger partial charge in [0.05, 0.1) is 19.8 Å². The minimum atomic E-state index is -0.657. The molecule has 0 spiro atoms. The Bertz CT molecular complexity index is 619. The molecule has 7 nitrogen and oxygen atoms in total. The summed E-state index contributed by atoms with van der Waals surface area (Å²) in [4.78, 5) is 28.0. The molecule has 2 aliphatic rings. The molecule has 2 amide bonds. The van der Waals surface area contributed by atoms with Gasteiger partial charge in [-0.1, -0.05) is 12.1 Å². The number of hydrogen-bond donors (Lipinski definition) is 1. The first-order valence-corrected chi connectivity index (χ1v) is 8.89. The quantitative estimate of drug-likeness (QED) is 0.730. The fourth-order valence-electron chi connectivity index (χ4n) is 3.09. The lowest BCUT2D eigenvalue weighted by molar-refractivity contribution is -0.125. The van der Waals surface area contributed by atoms with Crippen LogP contribution in [0, 0.1) is 5.82 Å². The third-order valence-electron chi connectivity index (χ3n) is 4.60. The van der Waals surface area contributed by atoms with Gasteiger partial charge in [-0.2, -0.15) is 0 Å². The number of ether oxygens (including phenoxy) is 2. The van der Waals surface area contributed by atoms with E-state index in [0.29, 0.717) is 6.54 Å². The highest BCUT2D eigenvalue weighted by Gasteiger charge is 2.37. The molecule has 2 fully saturated rings. The number of benzene rings is 1. The largest absolute Gasteiger partial charge is 0.447 e. The highest BCUT2D eigenvalue weighted by Crippen LogP contribution is 2.17. The van der Waals surface area contributed by atoms with Crippen molar-refractivity contribution in [1.29, 1.82) is 0 Å². The van der Waals surface area contributed by atoms with Gasteiger partial charge in [0, 0.05) is 19.6 Å². The molecule has 2 aliphatic heterocycles. The summed E-state index contributed by atoms with van der Waals surface area (Å²) in [7, 11) is 0. The second-order valence-electron chi connectivity index (χ2n) is 6.45. The van der Waals surface area contributed by atoms with Crippen molar-refractivity contribution in [2.75, 3.05) is 46.0 Å². The summed E-state index contributed by atoms with van der Waals surface area (Å²) in [6.45, 7) is 5.06. The molecule has 26 heavy (non-hydrogen) atoms. The lowest BCUT2D eigenvalue weighted by Gasteiger charge is -2.26. The van der Waals surface area contributed by atoms with Gasteiger partial charge < -0.3 is 14.8 Å². The van der Waals surface area contributed by atoms with Gasteiger partial charge in [0.1, 0.15) is 18.5 Å². The Morgan fingerprint density at radius 1 is 1.23 bits per heavy atom. The third-order valence-corrected chi connectivity index (χ3v) is 4.60. The van der Waals surface area contributed by atoms with Crippen molar-refractivity contribution in [3.63, 3.8) is 0 Å². The van der Waals surface area contributed by atoms with Crippen LogP contribution in [0.5, 0.6) is 0 Å². The smallest absolute Gasteiger partial charge is 0.410 e. The van der Waals surface area contributed by atoms with Crippen molar-refractivity contribution >= 4 is 12.0 Å². The van der Waals surface area contributed by atoms with Gasteiger partial charge >= 0.3 is 6.09 Å². The number of amides is 2. The Morgan fingerprint density at radius 3 is 2.69 bits per heavy atom. The van der Waals surface area contributed by atoms with E-state index in [1.54, 1.807) is 12.1 Å². The first-order valence-electron chi connectivity index (χ1n) is 8.89. The Labute approximate surface area is 152 Å². The predicted octanol–water partition coefficient (Wildman–Crippen LogP) is 0.985. The molecule has 3 rings (SSSR count). The lowest BCUT2D eigenvalue weighted by atomic mass is 10.2. The van der Waals surface area contributed by atoms with Crippen LogP contribution in [0.4, 0.5) is 9.18 Å². The van der Waals surface area contributed by atoms with Crippen LogP contribution >= 0.6 is 0 Å². The van der Waals surface area contributed by atoms with E-state index in [2.05, 4.69) is 10.2 Å². The highest BCUT2D eigenvalue weighted by molar-refractivity contribution is 5.87. The molecule has 1 atom stereocenters. The summed E-state index contributed by atoms with van der Waals surface area (Å²) in [5.41, 5.74) is 0.746. The minimum absolute atomic E-state index is 0.0370. The van der Waals surface area contributed by atoms with Gasteiger partial charge in [0.2, 0.25) is 5.91 Å². The molecule has 8 heteroatoms. The topological polar surface area (TPSA) is 71.1 Å². The first-order chi connectivity index (χ1) is 12.6. The second-order valence-corrected chi connectivity index (χ2v) is 6.45. The number of halogens is 1. The molecule has 1 aromatic rings. The maximum Gasteiger partial charge on any atom is 0.410 e. The Kier molecular flexibility index (Phi) is 6.40. The zero-order valence-electron chi connectivity index (χ0n) is 14.7. The summed E-state index contributed by atoms with van der Waals surface area (Å²) in [5.74, 6) is -0.563. The van der Waals surface area contributed by atoms with Crippen molar-refractivity contribution in [3.05, 3.63) is 35.6 Å².